The van der Waals surface area contributed by atoms with Crippen LogP contribution in [-0.4, -0.2) is 42.5 Å². The molecule has 1 atom stereocenters. The maximum atomic E-state index is 5.69. The van der Waals surface area contributed by atoms with Crippen LogP contribution in [0.25, 0.3) is 0 Å². The fourth-order valence-corrected chi connectivity index (χ4v) is 3.52. The average molecular weight is 234 g/mol. The third-order valence-electron chi connectivity index (χ3n) is 2.26. The molecule has 0 fully saturated rings. The lowest BCUT2D eigenvalue weighted by atomic mass is 10.4. The van der Waals surface area contributed by atoms with Crippen molar-refractivity contribution >= 4 is 8.80 Å². The van der Waals surface area contributed by atoms with E-state index in [1.807, 2.05) is 13.0 Å². The lowest BCUT2D eigenvalue weighted by molar-refractivity contribution is 0.0132. The van der Waals surface area contributed by atoms with E-state index in [-0.39, 0.29) is 5.73 Å². The van der Waals surface area contributed by atoms with Gasteiger partial charge in [0.15, 0.2) is 0 Å². The fourth-order valence-electron chi connectivity index (χ4n) is 1.41. The summed E-state index contributed by atoms with van der Waals surface area (Å²) < 4.78 is 21.8. The lowest BCUT2D eigenvalue weighted by Crippen LogP contribution is -2.55. The van der Waals surface area contributed by atoms with Crippen molar-refractivity contribution in [3.05, 3.63) is 12.7 Å². The van der Waals surface area contributed by atoms with Crippen LogP contribution in [0.5, 0.6) is 0 Å². The number of rotatable bonds is 9. The highest BCUT2D eigenvalue weighted by Crippen LogP contribution is 2.18. The molecular weight excluding hydrogens is 212 g/mol. The van der Waals surface area contributed by atoms with Crippen molar-refractivity contribution in [3.8, 4) is 0 Å². The van der Waals surface area contributed by atoms with E-state index < -0.39 is 8.80 Å². The van der Waals surface area contributed by atoms with Crippen LogP contribution < -0.4 is 0 Å². The molecule has 0 bridgehead atoms. The van der Waals surface area contributed by atoms with E-state index in [0.29, 0.717) is 6.61 Å². The Balaban J connectivity index is 4.37. The van der Waals surface area contributed by atoms with Crippen molar-refractivity contribution in [2.24, 2.45) is 0 Å². The van der Waals surface area contributed by atoms with Crippen LogP contribution in [0.1, 0.15) is 19.8 Å². The standard InChI is InChI=1S/C10H22O4Si/c1-6-8-9-14-10(7-2)15(11-3,12-4)13-5/h6,10H,1,7-9H2,2-5H3. The van der Waals surface area contributed by atoms with Crippen molar-refractivity contribution < 1.29 is 18.0 Å². The molecule has 0 aliphatic heterocycles. The molecule has 0 saturated carbocycles. The van der Waals surface area contributed by atoms with Gasteiger partial charge in [0.25, 0.3) is 0 Å². The SMILES string of the molecule is C=CCCOC(CC)[Si](OC)(OC)OC. The smallest absolute Gasteiger partial charge is 0.375 e. The van der Waals surface area contributed by atoms with Gasteiger partial charge in [0, 0.05) is 21.3 Å². The van der Waals surface area contributed by atoms with E-state index in [2.05, 4.69) is 6.58 Å². The molecule has 5 heteroatoms. The summed E-state index contributed by atoms with van der Waals surface area (Å²) in [6.45, 7) is 6.29. The summed E-state index contributed by atoms with van der Waals surface area (Å²) in [6, 6.07) is 0. The van der Waals surface area contributed by atoms with Crippen molar-refractivity contribution in [2.75, 3.05) is 27.9 Å². The minimum Gasteiger partial charge on any atom is -0.375 e. The quantitative estimate of drug-likeness (QED) is 0.346. The molecule has 0 spiro atoms. The highest BCUT2D eigenvalue weighted by molar-refractivity contribution is 6.62. The minimum atomic E-state index is -2.65. The van der Waals surface area contributed by atoms with Crippen molar-refractivity contribution in [3.63, 3.8) is 0 Å². The third-order valence-corrected chi connectivity index (χ3v) is 5.33. The third kappa shape index (κ3) is 4.04. The van der Waals surface area contributed by atoms with Crippen molar-refractivity contribution in [1.82, 2.24) is 0 Å². The second-order valence-corrected chi connectivity index (χ2v) is 6.14. The monoisotopic (exact) mass is 234 g/mol. The van der Waals surface area contributed by atoms with Crippen molar-refractivity contribution in [2.45, 2.75) is 25.5 Å². The number of ether oxygens (including phenoxy) is 1. The van der Waals surface area contributed by atoms with Crippen LogP contribution in [0.2, 0.25) is 0 Å². The molecule has 15 heavy (non-hydrogen) atoms. The van der Waals surface area contributed by atoms with Gasteiger partial charge in [0.1, 0.15) is 5.73 Å². The Kier molecular flexibility index (Phi) is 7.90. The molecule has 0 saturated heterocycles. The molecule has 0 radical (unpaired) electrons. The highest BCUT2D eigenvalue weighted by Gasteiger charge is 2.47. The zero-order valence-electron chi connectivity index (χ0n) is 10.1. The zero-order valence-corrected chi connectivity index (χ0v) is 11.1. The van der Waals surface area contributed by atoms with Crippen LogP contribution in [0.3, 0.4) is 0 Å². The first-order valence-electron chi connectivity index (χ1n) is 5.08. The summed E-state index contributed by atoms with van der Waals surface area (Å²) in [5.41, 5.74) is -0.113. The van der Waals surface area contributed by atoms with Crippen LogP contribution in [0, 0.1) is 0 Å². The normalized spacial score (nSPS) is 13.9. The van der Waals surface area contributed by atoms with E-state index in [9.17, 15) is 0 Å². The summed E-state index contributed by atoms with van der Waals surface area (Å²) in [4.78, 5) is 0. The Morgan fingerprint density at radius 3 is 2.07 bits per heavy atom. The highest BCUT2D eigenvalue weighted by atomic mass is 28.4. The first kappa shape index (κ1) is 14.8. The second kappa shape index (κ2) is 8.01. The minimum absolute atomic E-state index is 0.113. The molecular formula is C10H22O4Si. The Bertz CT molecular complexity index is 163. The van der Waals surface area contributed by atoms with Gasteiger partial charge in [-0.2, -0.15) is 0 Å². The van der Waals surface area contributed by atoms with Gasteiger partial charge in [0.05, 0.1) is 6.61 Å². The molecule has 0 aliphatic rings. The Labute approximate surface area is 93.5 Å². The molecule has 0 aromatic heterocycles. The molecule has 4 nitrogen and oxygen atoms in total. The molecule has 0 N–H and O–H groups in total. The first-order valence-corrected chi connectivity index (χ1v) is 6.88. The molecule has 90 valence electrons. The van der Waals surface area contributed by atoms with Gasteiger partial charge in [-0.25, -0.2) is 0 Å². The fraction of sp³-hybridized carbons (Fsp3) is 0.800. The van der Waals surface area contributed by atoms with Gasteiger partial charge in [-0.15, -0.1) is 6.58 Å². The Morgan fingerprint density at radius 2 is 1.73 bits per heavy atom. The van der Waals surface area contributed by atoms with E-state index in [0.717, 1.165) is 12.8 Å². The topological polar surface area (TPSA) is 36.9 Å². The Hall–Kier alpha value is -0.203. The summed E-state index contributed by atoms with van der Waals surface area (Å²) >= 11 is 0. The largest absolute Gasteiger partial charge is 0.530 e. The molecule has 0 rings (SSSR count). The molecule has 0 aromatic carbocycles. The summed E-state index contributed by atoms with van der Waals surface area (Å²) in [6.07, 6.45) is 3.44. The van der Waals surface area contributed by atoms with E-state index in [4.69, 9.17) is 18.0 Å². The zero-order chi connectivity index (χ0) is 11.7. The summed E-state index contributed by atoms with van der Waals surface area (Å²) in [7, 11) is 2.13. The Morgan fingerprint density at radius 1 is 1.20 bits per heavy atom. The van der Waals surface area contributed by atoms with Gasteiger partial charge in [0.2, 0.25) is 0 Å². The van der Waals surface area contributed by atoms with Crippen LogP contribution in [0.15, 0.2) is 12.7 Å². The number of hydrogen-bond donors (Lipinski definition) is 0. The van der Waals surface area contributed by atoms with Crippen molar-refractivity contribution in [1.29, 1.82) is 0 Å². The van der Waals surface area contributed by atoms with Gasteiger partial charge >= 0.3 is 8.80 Å². The second-order valence-electron chi connectivity index (χ2n) is 3.06. The molecule has 0 aromatic rings. The molecule has 1 unspecified atom stereocenters. The number of hydrogen-bond acceptors (Lipinski definition) is 4. The van der Waals surface area contributed by atoms with Gasteiger partial charge in [-0.05, 0) is 12.8 Å². The maximum Gasteiger partial charge on any atom is 0.530 e. The van der Waals surface area contributed by atoms with Gasteiger partial charge < -0.3 is 18.0 Å². The molecule has 0 heterocycles. The molecule has 0 aliphatic carbocycles. The summed E-state index contributed by atoms with van der Waals surface area (Å²) in [5.74, 6) is 0. The predicted octanol–water partition coefficient (Wildman–Crippen LogP) is 1.77. The van der Waals surface area contributed by atoms with E-state index in [1.165, 1.54) is 0 Å². The van der Waals surface area contributed by atoms with Crippen LogP contribution >= 0.6 is 0 Å². The van der Waals surface area contributed by atoms with E-state index >= 15 is 0 Å². The van der Waals surface area contributed by atoms with Gasteiger partial charge in [-0.1, -0.05) is 13.0 Å². The average Bonchev–Trinajstić information content (AvgIpc) is 2.29. The lowest BCUT2D eigenvalue weighted by Gasteiger charge is -2.31. The van der Waals surface area contributed by atoms with Crippen LogP contribution in [-0.2, 0) is 18.0 Å². The van der Waals surface area contributed by atoms with Gasteiger partial charge in [-0.3, -0.25) is 0 Å². The van der Waals surface area contributed by atoms with Crippen LogP contribution in [0.4, 0.5) is 0 Å². The summed E-state index contributed by atoms with van der Waals surface area (Å²) in [5, 5.41) is 0. The predicted molar refractivity (Wildman–Crippen MR) is 61.6 cm³/mol. The molecule has 0 amide bonds. The first-order chi connectivity index (χ1) is 7.20. The van der Waals surface area contributed by atoms with E-state index in [1.54, 1.807) is 21.3 Å². The maximum absolute atomic E-state index is 5.69.